The van der Waals surface area contributed by atoms with Gasteiger partial charge in [-0.3, -0.25) is 0 Å². The third-order valence-electron chi connectivity index (χ3n) is 5.08. The number of hydrogen-bond donors (Lipinski definition) is 1. The summed E-state index contributed by atoms with van der Waals surface area (Å²) in [4.78, 5) is 0. The number of likely N-dealkylation sites (N-methyl/N-ethyl adjacent to an activating group) is 1. The van der Waals surface area contributed by atoms with Crippen LogP contribution >= 0.6 is 0 Å². The highest BCUT2D eigenvalue weighted by atomic mass is 28.3. The van der Waals surface area contributed by atoms with Crippen LogP contribution in [0.2, 0.25) is 25.7 Å². The summed E-state index contributed by atoms with van der Waals surface area (Å²) in [6, 6.07) is 1.15. The zero-order valence-electron chi connectivity index (χ0n) is 18.3. The standard InChI is InChI=1S/C22H37NO3Si/c1-8-23-13-16(2)9-10-18-21(24-4)17(3)19-14-25-15-20(19)22(18)26-11-12-27(5,6)7/h9,23H,8,10-15H2,1-7H3/b16-9+. The Morgan fingerprint density at radius 2 is 1.89 bits per heavy atom. The van der Waals surface area contributed by atoms with E-state index < -0.39 is 8.07 Å². The molecular formula is C22H37NO3Si. The van der Waals surface area contributed by atoms with Crippen molar-refractivity contribution in [2.24, 2.45) is 0 Å². The molecule has 0 aliphatic carbocycles. The third-order valence-corrected chi connectivity index (χ3v) is 6.79. The summed E-state index contributed by atoms with van der Waals surface area (Å²) in [6.07, 6.45) is 3.10. The van der Waals surface area contributed by atoms with E-state index in [-0.39, 0.29) is 0 Å². The van der Waals surface area contributed by atoms with Crippen molar-refractivity contribution in [3.8, 4) is 11.5 Å². The molecule has 1 aliphatic rings. The van der Waals surface area contributed by atoms with Crippen LogP contribution in [0, 0.1) is 6.92 Å². The van der Waals surface area contributed by atoms with Crippen molar-refractivity contribution < 1.29 is 14.2 Å². The van der Waals surface area contributed by atoms with Crippen LogP contribution in [0.1, 0.15) is 36.1 Å². The maximum absolute atomic E-state index is 6.40. The first-order valence-electron chi connectivity index (χ1n) is 10.1. The van der Waals surface area contributed by atoms with Crippen LogP contribution in [0.5, 0.6) is 11.5 Å². The molecule has 0 radical (unpaired) electrons. The van der Waals surface area contributed by atoms with Gasteiger partial charge in [-0.05, 0) is 44.0 Å². The molecule has 0 atom stereocenters. The number of nitrogens with one attached hydrogen (secondary N) is 1. The second kappa shape index (κ2) is 9.76. The first-order valence-corrected chi connectivity index (χ1v) is 13.8. The van der Waals surface area contributed by atoms with Crippen molar-refractivity contribution in [1.82, 2.24) is 5.32 Å². The van der Waals surface area contributed by atoms with Gasteiger partial charge < -0.3 is 19.5 Å². The van der Waals surface area contributed by atoms with E-state index in [9.17, 15) is 0 Å². The number of rotatable bonds is 10. The summed E-state index contributed by atoms with van der Waals surface area (Å²) in [7, 11) is 0.613. The number of benzene rings is 1. The fourth-order valence-corrected chi connectivity index (χ4v) is 4.10. The molecule has 1 N–H and O–H groups in total. The van der Waals surface area contributed by atoms with E-state index in [4.69, 9.17) is 14.2 Å². The Labute approximate surface area is 166 Å². The van der Waals surface area contributed by atoms with Crippen LogP contribution in [-0.4, -0.2) is 34.9 Å². The Balaban J connectivity index is 2.37. The molecule has 4 nitrogen and oxygen atoms in total. The Hall–Kier alpha value is -1.30. The second-order valence-electron chi connectivity index (χ2n) is 8.61. The zero-order chi connectivity index (χ0) is 20.0. The Morgan fingerprint density at radius 1 is 1.19 bits per heavy atom. The van der Waals surface area contributed by atoms with Crippen LogP contribution in [0.4, 0.5) is 0 Å². The summed E-state index contributed by atoms with van der Waals surface area (Å²) < 4.78 is 18.0. The quantitative estimate of drug-likeness (QED) is 0.457. The van der Waals surface area contributed by atoms with Crippen molar-refractivity contribution in [2.45, 2.75) is 66.1 Å². The van der Waals surface area contributed by atoms with Gasteiger partial charge in [-0.15, -0.1) is 0 Å². The molecule has 5 heteroatoms. The van der Waals surface area contributed by atoms with Gasteiger partial charge in [0.2, 0.25) is 0 Å². The highest BCUT2D eigenvalue weighted by Crippen LogP contribution is 2.43. The molecule has 0 saturated carbocycles. The number of methoxy groups -OCH3 is 1. The van der Waals surface area contributed by atoms with Crippen LogP contribution in [0.3, 0.4) is 0 Å². The van der Waals surface area contributed by atoms with Gasteiger partial charge in [0.1, 0.15) is 11.5 Å². The van der Waals surface area contributed by atoms with Gasteiger partial charge in [0, 0.05) is 25.7 Å². The van der Waals surface area contributed by atoms with Crippen LogP contribution in [0.15, 0.2) is 11.6 Å². The topological polar surface area (TPSA) is 39.7 Å². The summed E-state index contributed by atoms with van der Waals surface area (Å²) in [5, 5.41) is 3.39. The van der Waals surface area contributed by atoms with E-state index in [1.54, 1.807) is 7.11 Å². The van der Waals surface area contributed by atoms with E-state index in [0.717, 1.165) is 49.2 Å². The molecule has 1 aromatic rings. The maximum Gasteiger partial charge on any atom is 0.132 e. The molecule has 0 unspecified atom stereocenters. The molecule has 27 heavy (non-hydrogen) atoms. The zero-order valence-corrected chi connectivity index (χ0v) is 19.3. The van der Waals surface area contributed by atoms with Gasteiger partial charge >= 0.3 is 0 Å². The molecule has 0 saturated heterocycles. The second-order valence-corrected chi connectivity index (χ2v) is 14.2. The number of allylic oxidation sites excluding steroid dienone is 1. The smallest absolute Gasteiger partial charge is 0.132 e. The van der Waals surface area contributed by atoms with Gasteiger partial charge in [0.05, 0.1) is 26.9 Å². The molecule has 2 rings (SSSR count). The van der Waals surface area contributed by atoms with Crippen molar-refractivity contribution in [1.29, 1.82) is 0 Å². The number of fused-ring (bicyclic) bond motifs is 1. The molecule has 0 bridgehead atoms. The first-order chi connectivity index (χ1) is 12.8. The van der Waals surface area contributed by atoms with Gasteiger partial charge in [-0.1, -0.05) is 38.2 Å². The predicted molar refractivity (Wildman–Crippen MR) is 116 cm³/mol. The Morgan fingerprint density at radius 3 is 2.52 bits per heavy atom. The summed E-state index contributed by atoms with van der Waals surface area (Å²) >= 11 is 0. The Bertz CT molecular complexity index is 677. The van der Waals surface area contributed by atoms with Crippen molar-refractivity contribution in [2.75, 3.05) is 26.8 Å². The first kappa shape index (κ1) is 22.0. The van der Waals surface area contributed by atoms with E-state index >= 15 is 0 Å². The monoisotopic (exact) mass is 391 g/mol. The number of ether oxygens (including phenoxy) is 3. The molecular weight excluding hydrogens is 354 g/mol. The van der Waals surface area contributed by atoms with Crippen LogP contribution in [0.25, 0.3) is 0 Å². The van der Waals surface area contributed by atoms with Crippen molar-refractivity contribution >= 4 is 8.07 Å². The molecule has 0 spiro atoms. The van der Waals surface area contributed by atoms with E-state index in [2.05, 4.69) is 51.8 Å². The van der Waals surface area contributed by atoms with Crippen LogP contribution in [-0.2, 0) is 24.4 Å². The average molecular weight is 392 g/mol. The largest absolute Gasteiger partial charge is 0.496 e. The molecule has 0 fully saturated rings. The summed E-state index contributed by atoms with van der Waals surface area (Å²) in [6.45, 7) is 17.5. The lowest BCUT2D eigenvalue weighted by Gasteiger charge is -2.22. The average Bonchev–Trinajstić information content (AvgIpc) is 3.09. The fraction of sp³-hybridized carbons (Fsp3) is 0.636. The lowest BCUT2D eigenvalue weighted by atomic mass is 9.95. The highest BCUT2D eigenvalue weighted by Gasteiger charge is 2.27. The SMILES string of the molecule is CCNC/C(C)=C/Cc1c(OC)c(C)c2c(c1OCC[Si](C)(C)C)COC2. The number of hydrogen-bond acceptors (Lipinski definition) is 4. The molecule has 1 aromatic carbocycles. The molecule has 152 valence electrons. The Kier molecular flexibility index (Phi) is 7.95. The lowest BCUT2D eigenvalue weighted by Crippen LogP contribution is -2.23. The predicted octanol–water partition coefficient (Wildman–Crippen LogP) is 4.85. The molecule has 0 amide bonds. The van der Waals surface area contributed by atoms with Gasteiger partial charge in [-0.2, -0.15) is 0 Å². The van der Waals surface area contributed by atoms with E-state index in [0.29, 0.717) is 13.2 Å². The molecule has 1 heterocycles. The fourth-order valence-electron chi connectivity index (χ4n) is 3.38. The normalized spacial score (nSPS) is 14.4. The third kappa shape index (κ3) is 5.83. The van der Waals surface area contributed by atoms with E-state index in [1.165, 1.54) is 22.3 Å². The molecule has 0 aromatic heterocycles. The lowest BCUT2D eigenvalue weighted by molar-refractivity contribution is 0.133. The minimum Gasteiger partial charge on any atom is -0.496 e. The van der Waals surface area contributed by atoms with Crippen molar-refractivity contribution in [3.63, 3.8) is 0 Å². The van der Waals surface area contributed by atoms with Gasteiger partial charge in [-0.25, -0.2) is 0 Å². The van der Waals surface area contributed by atoms with E-state index in [1.807, 2.05) is 0 Å². The summed E-state index contributed by atoms with van der Waals surface area (Å²) in [5.41, 5.74) is 6.14. The van der Waals surface area contributed by atoms with Crippen LogP contribution < -0.4 is 14.8 Å². The molecule has 1 aliphatic heterocycles. The summed E-state index contributed by atoms with van der Waals surface area (Å²) in [5.74, 6) is 1.95. The van der Waals surface area contributed by atoms with Gasteiger partial charge in [0.15, 0.2) is 0 Å². The highest BCUT2D eigenvalue weighted by molar-refractivity contribution is 6.76. The minimum atomic E-state index is -1.15. The van der Waals surface area contributed by atoms with Crippen molar-refractivity contribution in [3.05, 3.63) is 33.9 Å². The maximum atomic E-state index is 6.40. The van der Waals surface area contributed by atoms with Gasteiger partial charge in [0.25, 0.3) is 0 Å². The minimum absolute atomic E-state index is 0.634.